The van der Waals surface area contributed by atoms with Crippen LogP contribution in [0.4, 0.5) is 0 Å². The predicted octanol–water partition coefficient (Wildman–Crippen LogP) is 1.79. The Hall–Kier alpha value is -2.55. The van der Waals surface area contributed by atoms with E-state index < -0.39 is 11.2 Å². The third-order valence-corrected chi connectivity index (χ3v) is 4.73. The number of carbonyl (C=O) groups is 2. The van der Waals surface area contributed by atoms with Crippen LogP contribution in [-0.4, -0.2) is 39.9 Å². The number of amides is 1. The summed E-state index contributed by atoms with van der Waals surface area (Å²) in [6.07, 6.45) is 1.37. The van der Waals surface area contributed by atoms with Gasteiger partial charge in [-0.05, 0) is 37.5 Å². The first-order valence-corrected chi connectivity index (χ1v) is 8.58. The van der Waals surface area contributed by atoms with Crippen LogP contribution in [0.3, 0.4) is 0 Å². The van der Waals surface area contributed by atoms with Crippen LogP contribution in [0.5, 0.6) is 11.5 Å². The van der Waals surface area contributed by atoms with Gasteiger partial charge in [0.25, 0.3) is 0 Å². The van der Waals surface area contributed by atoms with Gasteiger partial charge in [-0.3, -0.25) is 9.59 Å². The van der Waals surface area contributed by atoms with Crippen molar-refractivity contribution in [3.05, 3.63) is 23.8 Å². The van der Waals surface area contributed by atoms with Crippen molar-refractivity contribution in [2.24, 2.45) is 10.2 Å². The number of nitrogens with zero attached hydrogens (tertiary/aromatic N) is 2. The molecule has 1 aromatic carbocycles. The average molecular weight is 363 g/mol. The SMILES string of the molecule is C/C(CCc1ccc2c(c1)OCO2)=N\N=C1/NC(=O)C[C@@H](C(=O)O)S1. The highest BCUT2D eigenvalue weighted by Gasteiger charge is 2.29. The van der Waals surface area contributed by atoms with Crippen LogP contribution in [0, 0.1) is 0 Å². The summed E-state index contributed by atoms with van der Waals surface area (Å²) in [6.45, 7) is 2.08. The van der Waals surface area contributed by atoms with Crippen molar-refractivity contribution < 1.29 is 24.2 Å². The zero-order chi connectivity index (χ0) is 17.8. The smallest absolute Gasteiger partial charge is 0.317 e. The van der Waals surface area contributed by atoms with Crippen molar-refractivity contribution in [3.8, 4) is 11.5 Å². The molecule has 0 unspecified atom stereocenters. The minimum atomic E-state index is -1.03. The molecule has 1 amide bonds. The van der Waals surface area contributed by atoms with Gasteiger partial charge >= 0.3 is 5.97 Å². The monoisotopic (exact) mass is 363 g/mol. The van der Waals surface area contributed by atoms with E-state index >= 15 is 0 Å². The number of amidine groups is 1. The fraction of sp³-hybridized carbons (Fsp3) is 0.375. The first-order chi connectivity index (χ1) is 12.0. The number of ether oxygens (including phenoxy) is 2. The highest BCUT2D eigenvalue weighted by atomic mass is 32.2. The first kappa shape index (κ1) is 17.3. The maximum Gasteiger partial charge on any atom is 0.317 e. The van der Waals surface area contributed by atoms with Gasteiger partial charge in [0.1, 0.15) is 5.25 Å². The van der Waals surface area contributed by atoms with Gasteiger partial charge in [-0.15, -0.1) is 5.10 Å². The Morgan fingerprint density at radius 3 is 3.00 bits per heavy atom. The second-order valence-electron chi connectivity index (χ2n) is 5.63. The van der Waals surface area contributed by atoms with Gasteiger partial charge in [-0.25, -0.2) is 0 Å². The van der Waals surface area contributed by atoms with Gasteiger partial charge in [0.2, 0.25) is 12.7 Å². The van der Waals surface area contributed by atoms with Crippen LogP contribution in [0.15, 0.2) is 28.4 Å². The zero-order valence-electron chi connectivity index (χ0n) is 13.5. The number of carboxylic acid groups (broad SMARTS) is 1. The summed E-state index contributed by atoms with van der Waals surface area (Å²) in [4.78, 5) is 22.5. The van der Waals surface area contributed by atoms with Gasteiger partial charge in [0.15, 0.2) is 16.7 Å². The van der Waals surface area contributed by atoms with Crippen LogP contribution in [0.25, 0.3) is 0 Å². The van der Waals surface area contributed by atoms with Gasteiger partial charge in [0.05, 0.1) is 0 Å². The van der Waals surface area contributed by atoms with Crippen LogP contribution in [-0.2, 0) is 16.0 Å². The molecule has 25 heavy (non-hydrogen) atoms. The number of rotatable bonds is 5. The number of carboxylic acids is 1. The first-order valence-electron chi connectivity index (χ1n) is 7.70. The number of fused-ring (bicyclic) bond motifs is 1. The maximum absolute atomic E-state index is 11.5. The number of aliphatic carboxylic acids is 1. The highest BCUT2D eigenvalue weighted by molar-refractivity contribution is 8.15. The van der Waals surface area contributed by atoms with Crippen molar-refractivity contribution in [2.45, 2.75) is 31.4 Å². The molecule has 0 aliphatic carbocycles. The third-order valence-electron chi connectivity index (χ3n) is 3.67. The number of nitrogens with one attached hydrogen (secondary N) is 1. The van der Waals surface area contributed by atoms with Crippen molar-refractivity contribution in [2.75, 3.05) is 6.79 Å². The minimum absolute atomic E-state index is 0.0637. The summed E-state index contributed by atoms with van der Waals surface area (Å²) in [7, 11) is 0. The number of hydrogen-bond donors (Lipinski definition) is 2. The normalized spacial score (nSPS) is 21.3. The molecule has 0 saturated carbocycles. The summed E-state index contributed by atoms with van der Waals surface area (Å²) in [5.74, 6) is 0.0983. The Labute approximate surface area is 148 Å². The highest BCUT2D eigenvalue weighted by Crippen LogP contribution is 2.32. The molecule has 0 aromatic heterocycles. The van der Waals surface area contributed by atoms with E-state index in [9.17, 15) is 9.59 Å². The molecule has 2 aliphatic rings. The fourth-order valence-electron chi connectivity index (χ4n) is 2.33. The van der Waals surface area contributed by atoms with E-state index in [1.807, 2.05) is 25.1 Å². The molecule has 0 spiro atoms. The maximum atomic E-state index is 11.5. The summed E-state index contributed by atoms with van der Waals surface area (Å²) >= 11 is 0.994. The summed E-state index contributed by atoms with van der Waals surface area (Å²) in [5.41, 5.74) is 1.87. The Balaban J connectivity index is 1.58. The predicted molar refractivity (Wildman–Crippen MR) is 93.2 cm³/mol. The molecule has 1 atom stereocenters. The second kappa shape index (κ2) is 7.56. The lowest BCUT2D eigenvalue weighted by molar-refractivity contribution is -0.138. The van der Waals surface area contributed by atoms with Crippen LogP contribution < -0.4 is 14.8 Å². The Bertz CT molecular complexity index is 762. The Morgan fingerprint density at radius 1 is 1.40 bits per heavy atom. The molecular weight excluding hydrogens is 346 g/mol. The van der Waals surface area contributed by atoms with E-state index in [0.29, 0.717) is 6.42 Å². The van der Waals surface area contributed by atoms with E-state index in [2.05, 4.69) is 15.5 Å². The summed E-state index contributed by atoms with van der Waals surface area (Å²) < 4.78 is 10.6. The lowest BCUT2D eigenvalue weighted by Crippen LogP contribution is -2.40. The van der Waals surface area contributed by atoms with E-state index in [1.54, 1.807) is 0 Å². The van der Waals surface area contributed by atoms with Crippen LogP contribution >= 0.6 is 11.8 Å². The lowest BCUT2D eigenvalue weighted by atomic mass is 10.1. The largest absolute Gasteiger partial charge is 0.480 e. The topological polar surface area (TPSA) is 110 Å². The molecule has 0 radical (unpaired) electrons. The molecule has 1 aromatic rings. The molecule has 1 fully saturated rings. The fourth-order valence-corrected chi connectivity index (χ4v) is 3.20. The van der Waals surface area contributed by atoms with E-state index in [1.165, 1.54) is 0 Å². The number of aryl methyl sites for hydroxylation is 1. The molecule has 8 nitrogen and oxygen atoms in total. The van der Waals surface area contributed by atoms with Gasteiger partial charge in [-0.1, -0.05) is 17.8 Å². The number of benzene rings is 1. The van der Waals surface area contributed by atoms with Crippen molar-refractivity contribution in [1.29, 1.82) is 0 Å². The molecule has 9 heteroatoms. The molecule has 1 saturated heterocycles. The van der Waals surface area contributed by atoms with Gasteiger partial charge in [-0.2, -0.15) is 5.10 Å². The van der Waals surface area contributed by atoms with Crippen molar-refractivity contribution in [1.82, 2.24) is 5.32 Å². The summed E-state index contributed by atoms with van der Waals surface area (Å²) in [6, 6.07) is 5.79. The molecule has 132 valence electrons. The van der Waals surface area contributed by atoms with Crippen LogP contribution in [0.1, 0.15) is 25.3 Å². The summed E-state index contributed by atoms with van der Waals surface area (Å²) in [5, 5.41) is 19.0. The Morgan fingerprint density at radius 2 is 2.20 bits per heavy atom. The van der Waals surface area contributed by atoms with Crippen molar-refractivity contribution in [3.63, 3.8) is 0 Å². The molecule has 0 bridgehead atoms. The molecule has 3 rings (SSSR count). The Kier molecular flexibility index (Phi) is 5.22. The van der Waals surface area contributed by atoms with E-state index in [4.69, 9.17) is 14.6 Å². The van der Waals surface area contributed by atoms with E-state index in [-0.39, 0.29) is 24.3 Å². The average Bonchev–Trinajstić information content (AvgIpc) is 3.05. The lowest BCUT2D eigenvalue weighted by Gasteiger charge is -2.18. The van der Waals surface area contributed by atoms with Crippen LogP contribution in [0.2, 0.25) is 0 Å². The standard InChI is InChI=1S/C16H17N3O5S/c1-9(2-3-10-4-5-11-12(6-10)24-8-23-11)18-19-16-17-14(20)7-13(25-16)15(21)22/h4-6,13H,2-3,7-8H2,1H3,(H,21,22)(H,17,19,20)/b18-9+/t13-/m0/s1. The van der Waals surface area contributed by atoms with E-state index in [0.717, 1.165) is 41.0 Å². The van der Waals surface area contributed by atoms with Gasteiger partial charge in [0, 0.05) is 12.1 Å². The molecule has 2 heterocycles. The molecule has 2 N–H and O–H groups in total. The molecular formula is C16H17N3O5S. The van der Waals surface area contributed by atoms with Gasteiger partial charge < -0.3 is 19.9 Å². The number of carbonyl (C=O) groups excluding carboxylic acids is 1. The number of thioether (sulfide) groups is 1. The molecule has 2 aliphatic heterocycles. The third kappa shape index (κ3) is 4.50. The quantitative estimate of drug-likeness (QED) is 0.610. The second-order valence-corrected chi connectivity index (χ2v) is 6.82. The zero-order valence-corrected chi connectivity index (χ0v) is 14.3. The van der Waals surface area contributed by atoms with Crippen molar-refractivity contribution >= 4 is 34.5 Å². The number of hydrogen-bond acceptors (Lipinski definition) is 7. The minimum Gasteiger partial charge on any atom is -0.480 e.